The quantitative estimate of drug-likeness (QED) is 0.721. The molecule has 0 radical (unpaired) electrons. The third-order valence-corrected chi connectivity index (χ3v) is 2.37. The van der Waals surface area contributed by atoms with Gasteiger partial charge in [-0.1, -0.05) is 30.3 Å². The Hall–Kier alpha value is -2.56. The van der Waals surface area contributed by atoms with E-state index in [2.05, 4.69) is 20.4 Å². The highest BCUT2D eigenvalue weighted by Gasteiger charge is 2.10. The zero-order valence-electron chi connectivity index (χ0n) is 8.92. The number of benzene rings is 1. The minimum absolute atomic E-state index is 0.495. The summed E-state index contributed by atoms with van der Waals surface area (Å²) in [4.78, 5) is 0. The second-order valence-corrected chi connectivity index (χ2v) is 3.48. The van der Waals surface area contributed by atoms with Gasteiger partial charge in [0.05, 0.1) is 5.56 Å². The van der Waals surface area contributed by atoms with Gasteiger partial charge in [0.1, 0.15) is 0 Å². The van der Waals surface area contributed by atoms with Crippen LogP contribution in [-0.2, 0) is 0 Å². The van der Waals surface area contributed by atoms with Crippen molar-refractivity contribution in [3.05, 3.63) is 48.8 Å². The molecule has 5 nitrogen and oxygen atoms in total. The van der Waals surface area contributed by atoms with Crippen LogP contribution in [0.1, 0.15) is 0 Å². The fourth-order valence-corrected chi connectivity index (χ4v) is 1.58. The van der Waals surface area contributed by atoms with Gasteiger partial charge in [-0.15, -0.1) is 10.2 Å². The lowest BCUT2D eigenvalue weighted by Crippen LogP contribution is -1.87. The van der Waals surface area contributed by atoms with E-state index in [1.807, 2.05) is 30.3 Å². The van der Waals surface area contributed by atoms with E-state index in [0.29, 0.717) is 11.8 Å². The van der Waals surface area contributed by atoms with E-state index in [-0.39, 0.29) is 0 Å². The summed E-state index contributed by atoms with van der Waals surface area (Å²) in [6.45, 7) is 0. The average molecular weight is 226 g/mol. The summed E-state index contributed by atoms with van der Waals surface area (Å²) in [5.74, 6) is 1.01. The number of H-pyrrole nitrogens is 2. The smallest absolute Gasteiger partial charge is 0.247 e. The topological polar surface area (TPSA) is 66.6 Å². The Morgan fingerprint density at radius 3 is 2.59 bits per heavy atom. The standard InChI is InChI=1S/C12H10N4O/c1-2-4-9(5-3-1)10-8-14-16-12(10)17-11-6-7-13-15-11/h1-8H,(H,13,15)(H,14,16). The highest BCUT2D eigenvalue weighted by Crippen LogP contribution is 2.29. The molecule has 17 heavy (non-hydrogen) atoms. The van der Waals surface area contributed by atoms with Gasteiger partial charge in [0, 0.05) is 18.5 Å². The van der Waals surface area contributed by atoms with Gasteiger partial charge in [-0.05, 0) is 5.56 Å². The van der Waals surface area contributed by atoms with Gasteiger partial charge in [-0.2, -0.15) is 0 Å². The van der Waals surface area contributed by atoms with E-state index in [9.17, 15) is 0 Å². The summed E-state index contributed by atoms with van der Waals surface area (Å²) in [5.41, 5.74) is 1.96. The SMILES string of the molecule is c1ccc(-c2c[nH]nc2Oc2cc[nH]n2)cc1. The van der Waals surface area contributed by atoms with Crippen molar-refractivity contribution < 1.29 is 4.74 Å². The van der Waals surface area contributed by atoms with E-state index < -0.39 is 0 Å². The van der Waals surface area contributed by atoms with Gasteiger partial charge in [0.2, 0.25) is 11.8 Å². The third-order valence-electron chi connectivity index (χ3n) is 2.37. The van der Waals surface area contributed by atoms with Crippen molar-refractivity contribution in [2.24, 2.45) is 0 Å². The fourth-order valence-electron chi connectivity index (χ4n) is 1.58. The van der Waals surface area contributed by atoms with Crippen LogP contribution in [0.3, 0.4) is 0 Å². The molecule has 0 aliphatic rings. The van der Waals surface area contributed by atoms with E-state index in [1.165, 1.54) is 0 Å². The number of nitrogens with one attached hydrogen (secondary N) is 2. The molecule has 1 aromatic carbocycles. The molecule has 0 saturated heterocycles. The maximum absolute atomic E-state index is 5.56. The highest BCUT2D eigenvalue weighted by molar-refractivity contribution is 5.67. The molecule has 3 rings (SSSR count). The molecule has 0 saturated carbocycles. The zero-order valence-corrected chi connectivity index (χ0v) is 8.92. The molecule has 0 aliphatic heterocycles. The molecule has 0 spiro atoms. The number of aromatic amines is 2. The summed E-state index contributed by atoms with van der Waals surface area (Å²) in [6.07, 6.45) is 3.50. The minimum atomic E-state index is 0.495. The molecule has 0 unspecified atom stereocenters. The van der Waals surface area contributed by atoms with Crippen LogP contribution in [0, 0.1) is 0 Å². The van der Waals surface area contributed by atoms with E-state index in [0.717, 1.165) is 11.1 Å². The Labute approximate surface area is 97.5 Å². The molecule has 5 heteroatoms. The Kier molecular flexibility index (Phi) is 2.34. The van der Waals surface area contributed by atoms with Crippen LogP contribution in [0.5, 0.6) is 11.8 Å². The molecular weight excluding hydrogens is 216 g/mol. The largest absolute Gasteiger partial charge is 0.417 e. The van der Waals surface area contributed by atoms with E-state index in [4.69, 9.17) is 4.74 Å². The second kappa shape index (κ2) is 4.13. The molecule has 0 aliphatic carbocycles. The minimum Gasteiger partial charge on any atom is -0.417 e. The zero-order chi connectivity index (χ0) is 11.5. The van der Waals surface area contributed by atoms with Crippen LogP contribution >= 0.6 is 0 Å². The first-order valence-electron chi connectivity index (χ1n) is 5.20. The van der Waals surface area contributed by atoms with Gasteiger partial charge in [-0.25, -0.2) is 0 Å². The number of nitrogens with zero attached hydrogens (tertiary/aromatic N) is 2. The maximum Gasteiger partial charge on any atom is 0.247 e. The molecule has 3 aromatic rings. The van der Waals surface area contributed by atoms with Crippen LogP contribution in [0.15, 0.2) is 48.8 Å². The summed E-state index contributed by atoms with van der Waals surface area (Å²) in [6, 6.07) is 11.7. The van der Waals surface area contributed by atoms with E-state index in [1.54, 1.807) is 18.5 Å². The van der Waals surface area contributed by atoms with Crippen LogP contribution in [-0.4, -0.2) is 20.4 Å². The Bertz CT molecular complexity index is 586. The number of hydrogen-bond acceptors (Lipinski definition) is 3. The molecule has 0 atom stereocenters. The second-order valence-electron chi connectivity index (χ2n) is 3.48. The van der Waals surface area contributed by atoms with Gasteiger partial charge >= 0.3 is 0 Å². The number of hydrogen-bond donors (Lipinski definition) is 2. The van der Waals surface area contributed by atoms with Crippen LogP contribution < -0.4 is 4.74 Å². The van der Waals surface area contributed by atoms with Gasteiger partial charge in [0.25, 0.3) is 0 Å². The number of ether oxygens (including phenoxy) is 1. The summed E-state index contributed by atoms with van der Waals surface area (Å²) in [7, 11) is 0. The Morgan fingerprint density at radius 1 is 0.941 bits per heavy atom. The van der Waals surface area contributed by atoms with Crippen molar-refractivity contribution in [2.45, 2.75) is 0 Å². The van der Waals surface area contributed by atoms with Crippen LogP contribution in [0.4, 0.5) is 0 Å². The van der Waals surface area contributed by atoms with Crippen molar-refractivity contribution >= 4 is 0 Å². The lowest BCUT2D eigenvalue weighted by molar-refractivity contribution is 0.444. The first-order chi connectivity index (χ1) is 8.43. The third kappa shape index (κ3) is 1.90. The van der Waals surface area contributed by atoms with Crippen molar-refractivity contribution in [2.75, 3.05) is 0 Å². The number of rotatable bonds is 3. The predicted molar refractivity (Wildman–Crippen MR) is 62.7 cm³/mol. The maximum atomic E-state index is 5.56. The Balaban J connectivity index is 1.95. The average Bonchev–Trinajstić information content (AvgIpc) is 3.02. The van der Waals surface area contributed by atoms with Crippen molar-refractivity contribution in [3.63, 3.8) is 0 Å². The number of aromatic nitrogens is 4. The molecule has 2 N–H and O–H groups in total. The molecule has 0 fully saturated rings. The normalized spacial score (nSPS) is 10.4. The molecule has 84 valence electrons. The van der Waals surface area contributed by atoms with Gasteiger partial charge in [-0.3, -0.25) is 10.2 Å². The first-order valence-corrected chi connectivity index (χ1v) is 5.20. The first kappa shape index (κ1) is 9.65. The van der Waals surface area contributed by atoms with Crippen molar-refractivity contribution in [3.8, 4) is 22.9 Å². The van der Waals surface area contributed by atoms with Gasteiger partial charge < -0.3 is 4.74 Å². The van der Waals surface area contributed by atoms with Crippen molar-refractivity contribution in [1.29, 1.82) is 0 Å². The lowest BCUT2D eigenvalue weighted by Gasteiger charge is -2.01. The van der Waals surface area contributed by atoms with Crippen LogP contribution in [0.25, 0.3) is 11.1 Å². The fraction of sp³-hybridized carbons (Fsp3) is 0. The summed E-state index contributed by atoms with van der Waals surface area (Å²) < 4.78 is 5.56. The molecule has 0 amide bonds. The van der Waals surface area contributed by atoms with Gasteiger partial charge in [0.15, 0.2) is 0 Å². The predicted octanol–water partition coefficient (Wildman–Crippen LogP) is 2.59. The molecule has 2 aromatic heterocycles. The lowest BCUT2D eigenvalue weighted by atomic mass is 10.1. The summed E-state index contributed by atoms with van der Waals surface area (Å²) in [5, 5.41) is 13.5. The highest BCUT2D eigenvalue weighted by atomic mass is 16.5. The van der Waals surface area contributed by atoms with Crippen molar-refractivity contribution in [1.82, 2.24) is 20.4 Å². The summed E-state index contributed by atoms with van der Waals surface area (Å²) >= 11 is 0. The van der Waals surface area contributed by atoms with Crippen LogP contribution in [0.2, 0.25) is 0 Å². The monoisotopic (exact) mass is 226 g/mol. The molecule has 2 heterocycles. The Morgan fingerprint density at radius 2 is 1.82 bits per heavy atom. The van der Waals surface area contributed by atoms with E-state index >= 15 is 0 Å². The molecule has 0 bridgehead atoms. The molecular formula is C12H10N4O.